The Kier molecular flexibility index (Phi) is 4.24. The highest BCUT2D eigenvalue weighted by atomic mass is 35.5. The molecule has 0 aliphatic rings. The molecule has 2 N–H and O–H groups in total. The average molecular weight is 280 g/mol. The molecule has 0 aliphatic carbocycles. The van der Waals surface area contributed by atoms with Crippen molar-refractivity contribution in [3.63, 3.8) is 0 Å². The van der Waals surface area contributed by atoms with Gasteiger partial charge >= 0.3 is 5.97 Å². The fourth-order valence-corrected chi connectivity index (χ4v) is 2.15. The molecule has 0 radical (unpaired) electrons. The van der Waals surface area contributed by atoms with Gasteiger partial charge in [0, 0.05) is 11.1 Å². The predicted octanol–water partition coefficient (Wildman–Crippen LogP) is 3.48. The Morgan fingerprint density at radius 2 is 2.16 bits per heavy atom. The first-order valence-electron chi connectivity index (χ1n) is 5.87. The molecule has 1 aromatic heterocycles. The molecule has 0 spiro atoms. The molecule has 0 saturated carbocycles. The third-order valence-corrected chi connectivity index (χ3v) is 3.26. The normalized spacial score (nSPS) is 12.3. The first-order chi connectivity index (χ1) is 9.09. The lowest BCUT2D eigenvalue weighted by molar-refractivity contribution is 0.0694. The minimum Gasteiger partial charge on any atom is -0.478 e. The van der Waals surface area contributed by atoms with Crippen molar-refractivity contribution in [3.05, 3.63) is 58.5 Å². The van der Waals surface area contributed by atoms with E-state index in [1.54, 1.807) is 0 Å². The number of hydrogen-bond acceptors (Lipinski definition) is 3. The summed E-state index contributed by atoms with van der Waals surface area (Å²) in [4.78, 5) is 10.9. The van der Waals surface area contributed by atoms with Crippen LogP contribution in [-0.4, -0.2) is 11.1 Å². The highest BCUT2D eigenvalue weighted by Crippen LogP contribution is 2.22. The Morgan fingerprint density at radius 3 is 2.84 bits per heavy atom. The largest absolute Gasteiger partial charge is 0.478 e. The summed E-state index contributed by atoms with van der Waals surface area (Å²) in [5.41, 5.74) is 1.14. The summed E-state index contributed by atoms with van der Waals surface area (Å²) < 4.78 is 5.17. The van der Waals surface area contributed by atoms with Crippen molar-refractivity contribution < 1.29 is 14.3 Å². The number of benzene rings is 1. The van der Waals surface area contributed by atoms with Gasteiger partial charge in [-0.1, -0.05) is 29.8 Å². The van der Waals surface area contributed by atoms with Crippen molar-refractivity contribution in [3.8, 4) is 0 Å². The minimum absolute atomic E-state index is 0.000412. The van der Waals surface area contributed by atoms with E-state index in [0.29, 0.717) is 17.3 Å². The molecular formula is C14H14ClNO3. The number of nitrogens with one attached hydrogen (secondary N) is 1. The Labute approximate surface area is 116 Å². The van der Waals surface area contributed by atoms with E-state index in [1.165, 1.54) is 12.3 Å². The lowest BCUT2D eigenvalue weighted by Crippen LogP contribution is -2.19. The first-order valence-corrected chi connectivity index (χ1v) is 6.25. The lowest BCUT2D eigenvalue weighted by Gasteiger charge is -2.15. The van der Waals surface area contributed by atoms with Crippen LogP contribution < -0.4 is 5.32 Å². The number of carbonyl (C=O) groups is 1. The number of hydrogen-bond donors (Lipinski definition) is 2. The molecule has 5 heteroatoms. The summed E-state index contributed by atoms with van der Waals surface area (Å²) in [7, 11) is 0. The predicted molar refractivity (Wildman–Crippen MR) is 72.4 cm³/mol. The molecule has 2 rings (SSSR count). The fraction of sp³-hybridized carbons (Fsp3) is 0.214. The van der Waals surface area contributed by atoms with Crippen LogP contribution >= 0.6 is 11.6 Å². The quantitative estimate of drug-likeness (QED) is 0.879. The van der Waals surface area contributed by atoms with Gasteiger partial charge in [-0.3, -0.25) is 0 Å². The van der Waals surface area contributed by atoms with Crippen LogP contribution in [-0.2, 0) is 6.54 Å². The van der Waals surface area contributed by atoms with E-state index in [0.717, 1.165) is 5.56 Å². The molecule has 2 aromatic rings. The molecule has 1 atom stereocenters. The monoisotopic (exact) mass is 279 g/mol. The molecule has 0 aliphatic heterocycles. The Bertz CT molecular complexity index is 580. The van der Waals surface area contributed by atoms with Gasteiger partial charge in [0.25, 0.3) is 0 Å². The third-order valence-electron chi connectivity index (χ3n) is 2.92. The molecule has 19 heavy (non-hydrogen) atoms. The number of furan rings is 1. The van der Waals surface area contributed by atoms with Crippen LogP contribution in [0, 0.1) is 0 Å². The van der Waals surface area contributed by atoms with Crippen LogP contribution in [0.3, 0.4) is 0 Å². The van der Waals surface area contributed by atoms with Crippen LogP contribution in [0.25, 0.3) is 0 Å². The average Bonchev–Trinajstić information content (AvgIpc) is 2.85. The zero-order valence-corrected chi connectivity index (χ0v) is 11.1. The van der Waals surface area contributed by atoms with Crippen molar-refractivity contribution in [1.29, 1.82) is 0 Å². The van der Waals surface area contributed by atoms with E-state index >= 15 is 0 Å². The summed E-state index contributed by atoms with van der Waals surface area (Å²) in [6, 6.07) is 8.98. The number of carboxylic acids is 1. The standard InChI is InChI=1S/C14H14ClNO3/c1-9(10-4-2-3-5-12(10)15)16-8-13-11(14(17)18)6-7-19-13/h2-7,9,16H,8H2,1H3,(H,17,18)/t9-/m0/s1. The van der Waals surface area contributed by atoms with E-state index in [1.807, 2.05) is 31.2 Å². The van der Waals surface area contributed by atoms with Gasteiger partial charge in [-0.15, -0.1) is 0 Å². The molecule has 100 valence electrons. The molecule has 0 fully saturated rings. The lowest BCUT2D eigenvalue weighted by atomic mass is 10.1. The molecule has 1 heterocycles. The topological polar surface area (TPSA) is 62.5 Å². The second-order valence-corrected chi connectivity index (χ2v) is 4.59. The second kappa shape index (κ2) is 5.91. The summed E-state index contributed by atoms with van der Waals surface area (Å²) >= 11 is 6.10. The summed E-state index contributed by atoms with van der Waals surface area (Å²) in [5, 5.41) is 12.8. The number of rotatable bonds is 5. The molecule has 1 aromatic carbocycles. The Hall–Kier alpha value is -1.78. The third kappa shape index (κ3) is 3.16. The molecule has 0 amide bonds. The molecule has 4 nitrogen and oxygen atoms in total. The molecule has 0 unspecified atom stereocenters. The van der Waals surface area contributed by atoms with Crippen LogP contribution in [0.1, 0.15) is 34.6 Å². The van der Waals surface area contributed by atoms with E-state index in [2.05, 4.69) is 5.32 Å². The SMILES string of the molecule is C[C@H](NCc1occc1C(=O)O)c1ccccc1Cl. The fourth-order valence-electron chi connectivity index (χ4n) is 1.85. The van der Waals surface area contributed by atoms with Crippen molar-refractivity contribution in [2.45, 2.75) is 19.5 Å². The van der Waals surface area contributed by atoms with E-state index in [4.69, 9.17) is 21.1 Å². The van der Waals surface area contributed by atoms with E-state index in [9.17, 15) is 4.79 Å². The summed E-state index contributed by atoms with van der Waals surface area (Å²) in [6.07, 6.45) is 1.38. The van der Waals surface area contributed by atoms with Gasteiger partial charge in [-0.2, -0.15) is 0 Å². The number of aromatic carboxylic acids is 1. The maximum absolute atomic E-state index is 10.9. The molecule has 0 saturated heterocycles. The van der Waals surface area contributed by atoms with E-state index in [-0.39, 0.29) is 11.6 Å². The minimum atomic E-state index is -0.990. The zero-order valence-electron chi connectivity index (χ0n) is 10.4. The van der Waals surface area contributed by atoms with Crippen molar-refractivity contribution in [2.75, 3.05) is 0 Å². The second-order valence-electron chi connectivity index (χ2n) is 4.19. The van der Waals surface area contributed by atoms with Crippen LogP contribution in [0.15, 0.2) is 41.0 Å². The Balaban J connectivity index is 2.05. The van der Waals surface area contributed by atoms with E-state index < -0.39 is 5.97 Å². The maximum Gasteiger partial charge on any atom is 0.339 e. The first kappa shape index (κ1) is 13.6. The van der Waals surface area contributed by atoms with Gasteiger partial charge in [-0.05, 0) is 24.6 Å². The smallest absolute Gasteiger partial charge is 0.339 e. The Morgan fingerprint density at radius 1 is 1.42 bits per heavy atom. The van der Waals surface area contributed by atoms with Gasteiger partial charge in [0.15, 0.2) is 0 Å². The molecule has 0 bridgehead atoms. The van der Waals surface area contributed by atoms with Crippen LogP contribution in [0.4, 0.5) is 0 Å². The van der Waals surface area contributed by atoms with Gasteiger partial charge < -0.3 is 14.8 Å². The molecular weight excluding hydrogens is 266 g/mol. The highest BCUT2D eigenvalue weighted by Gasteiger charge is 2.15. The van der Waals surface area contributed by atoms with Gasteiger partial charge in [0.1, 0.15) is 11.3 Å². The maximum atomic E-state index is 10.9. The number of halogens is 1. The highest BCUT2D eigenvalue weighted by molar-refractivity contribution is 6.31. The van der Waals surface area contributed by atoms with Crippen molar-refractivity contribution in [1.82, 2.24) is 5.32 Å². The van der Waals surface area contributed by atoms with Crippen LogP contribution in [0.2, 0.25) is 5.02 Å². The van der Waals surface area contributed by atoms with Crippen molar-refractivity contribution >= 4 is 17.6 Å². The summed E-state index contributed by atoms with van der Waals surface area (Å²) in [5.74, 6) is -0.581. The summed E-state index contributed by atoms with van der Waals surface area (Å²) in [6.45, 7) is 2.30. The van der Waals surface area contributed by atoms with Gasteiger partial charge in [0.2, 0.25) is 0 Å². The van der Waals surface area contributed by atoms with Crippen LogP contribution in [0.5, 0.6) is 0 Å². The number of carboxylic acid groups (broad SMARTS) is 1. The zero-order chi connectivity index (χ0) is 13.8. The van der Waals surface area contributed by atoms with Gasteiger partial charge in [0.05, 0.1) is 12.8 Å². The van der Waals surface area contributed by atoms with Gasteiger partial charge in [-0.25, -0.2) is 4.79 Å². The van der Waals surface area contributed by atoms with Crippen molar-refractivity contribution in [2.24, 2.45) is 0 Å².